The molecule has 2 saturated heterocycles. The predicted octanol–water partition coefficient (Wildman–Crippen LogP) is 1.90. The molecule has 0 unspecified atom stereocenters. The summed E-state index contributed by atoms with van der Waals surface area (Å²) in [5.41, 5.74) is 0.122. The molecule has 2 aliphatic rings. The Kier molecular flexibility index (Phi) is 4.59. The number of anilines is 1. The molecule has 7 heteroatoms. The zero-order valence-electron chi connectivity index (χ0n) is 13.1. The van der Waals surface area contributed by atoms with Crippen molar-refractivity contribution in [2.45, 2.75) is 31.6 Å². The van der Waals surface area contributed by atoms with Crippen LogP contribution in [0.2, 0.25) is 0 Å². The third-order valence-electron chi connectivity index (χ3n) is 4.78. The summed E-state index contributed by atoms with van der Waals surface area (Å²) in [6, 6.07) is 2.89. The average Bonchev–Trinajstić information content (AvgIpc) is 2.58. The van der Waals surface area contributed by atoms with Crippen LogP contribution in [0.25, 0.3) is 0 Å². The molecule has 128 valence electrons. The van der Waals surface area contributed by atoms with Crippen LogP contribution in [-0.2, 0) is 14.4 Å². The third-order valence-corrected chi connectivity index (χ3v) is 4.78. The Labute approximate surface area is 138 Å². The van der Waals surface area contributed by atoms with Crippen molar-refractivity contribution in [1.29, 1.82) is 0 Å². The number of rotatable bonds is 3. The number of benzene rings is 1. The van der Waals surface area contributed by atoms with Crippen LogP contribution in [0.5, 0.6) is 0 Å². The first-order valence-corrected chi connectivity index (χ1v) is 8.03. The molecule has 0 spiro atoms. The topological polar surface area (TPSA) is 66.5 Å². The Morgan fingerprint density at radius 3 is 2.42 bits per heavy atom. The van der Waals surface area contributed by atoms with Crippen molar-refractivity contribution in [1.82, 2.24) is 5.32 Å². The molecule has 1 aromatic carbocycles. The summed E-state index contributed by atoms with van der Waals surface area (Å²) in [5, 5.41) is 2.15. The lowest BCUT2D eigenvalue weighted by molar-refractivity contribution is -0.134. The maximum absolute atomic E-state index is 14.5. The number of hydrogen-bond donors (Lipinski definition) is 1. The van der Waals surface area contributed by atoms with Crippen LogP contribution < -0.4 is 10.2 Å². The minimum absolute atomic E-state index is 0.0240. The Hall–Kier alpha value is -2.31. The van der Waals surface area contributed by atoms with Crippen molar-refractivity contribution in [3.63, 3.8) is 0 Å². The van der Waals surface area contributed by atoms with Gasteiger partial charge < -0.3 is 9.69 Å². The van der Waals surface area contributed by atoms with E-state index in [0.29, 0.717) is 25.9 Å². The zero-order chi connectivity index (χ0) is 17.3. The highest BCUT2D eigenvalue weighted by Gasteiger charge is 2.32. The largest absolute Gasteiger partial charge is 0.369 e. The third kappa shape index (κ3) is 3.02. The van der Waals surface area contributed by atoms with Crippen molar-refractivity contribution < 1.29 is 23.2 Å². The Balaban J connectivity index is 1.83. The van der Waals surface area contributed by atoms with Gasteiger partial charge in [-0.15, -0.1) is 0 Å². The van der Waals surface area contributed by atoms with E-state index in [2.05, 4.69) is 5.32 Å². The summed E-state index contributed by atoms with van der Waals surface area (Å²) < 4.78 is 29.0. The highest BCUT2D eigenvalue weighted by Crippen LogP contribution is 2.33. The van der Waals surface area contributed by atoms with Crippen LogP contribution in [0.3, 0.4) is 0 Å². The number of piperidine rings is 2. The number of carbonyl (C=O) groups excluding carboxylic acids is 3. The molecular weight excluding hydrogens is 318 g/mol. The molecule has 24 heavy (non-hydrogen) atoms. The van der Waals surface area contributed by atoms with Gasteiger partial charge in [0.25, 0.3) is 0 Å². The van der Waals surface area contributed by atoms with Gasteiger partial charge >= 0.3 is 0 Å². The number of carbonyl (C=O) groups is 3. The summed E-state index contributed by atoms with van der Waals surface area (Å²) in [6.45, 7) is 0.967. The Morgan fingerprint density at radius 2 is 1.79 bits per heavy atom. The van der Waals surface area contributed by atoms with Crippen LogP contribution >= 0.6 is 0 Å². The van der Waals surface area contributed by atoms with E-state index < -0.39 is 29.4 Å². The number of amides is 2. The van der Waals surface area contributed by atoms with Crippen LogP contribution in [0.15, 0.2) is 12.1 Å². The number of hydrogen-bond acceptors (Lipinski definition) is 4. The maximum atomic E-state index is 14.5. The summed E-state index contributed by atoms with van der Waals surface area (Å²) in [7, 11) is 0. The standard InChI is InChI=1S/C17H18F2N2O3/c18-15-11(12-2-4-14(23)20-17(12)24)1-3-13(16(15)19)21-7-5-10(9-22)6-8-21/h1,3,9-10,12H,2,4-8H2,(H,20,23,24)/t12-/m0/s1. The van der Waals surface area contributed by atoms with Gasteiger partial charge in [-0.1, -0.05) is 6.07 Å². The van der Waals surface area contributed by atoms with Crippen LogP contribution in [0.4, 0.5) is 14.5 Å². The van der Waals surface area contributed by atoms with Gasteiger partial charge in [-0.25, -0.2) is 8.78 Å². The molecule has 3 rings (SSSR count). The quantitative estimate of drug-likeness (QED) is 0.676. The second-order valence-corrected chi connectivity index (χ2v) is 6.27. The number of imide groups is 1. The number of nitrogens with zero attached hydrogens (tertiary/aromatic N) is 1. The van der Waals surface area contributed by atoms with E-state index >= 15 is 0 Å². The monoisotopic (exact) mass is 336 g/mol. The van der Waals surface area contributed by atoms with Crippen LogP contribution in [0.1, 0.15) is 37.2 Å². The SMILES string of the molecule is O=CC1CCN(c2ccc([C@@H]3CCC(=O)NC3=O)c(F)c2F)CC1. The molecule has 1 atom stereocenters. The van der Waals surface area contributed by atoms with E-state index in [9.17, 15) is 23.2 Å². The summed E-state index contributed by atoms with van der Waals surface area (Å²) >= 11 is 0. The number of nitrogens with one attached hydrogen (secondary N) is 1. The molecule has 1 aromatic rings. The molecule has 2 aliphatic heterocycles. The molecule has 2 heterocycles. The summed E-state index contributed by atoms with van der Waals surface area (Å²) in [4.78, 5) is 35.5. The minimum Gasteiger partial charge on any atom is -0.369 e. The fraction of sp³-hybridized carbons (Fsp3) is 0.471. The van der Waals surface area contributed by atoms with Crippen molar-refractivity contribution in [2.24, 2.45) is 5.92 Å². The van der Waals surface area contributed by atoms with Gasteiger partial charge in [-0.2, -0.15) is 0 Å². The zero-order valence-corrected chi connectivity index (χ0v) is 13.1. The van der Waals surface area contributed by atoms with Gasteiger partial charge in [0, 0.05) is 31.0 Å². The van der Waals surface area contributed by atoms with Crippen molar-refractivity contribution in [3.8, 4) is 0 Å². The molecule has 1 N–H and O–H groups in total. The first kappa shape index (κ1) is 16.5. The van der Waals surface area contributed by atoms with E-state index in [1.807, 2.05) is 0 Å². The van der Waals surface area contributed by atoms with E-state index in [4.69, 9.17) is 0 Å². The lowest BCUT2D eigenvalue weighted by Gasteiger charge is -2.32. The van der Waals surface area contributed by atoms with Gasteiger partial charge in [0.05, 0.1) is 11.6 Å². The molecule has 0 saturated carbocycles. The van der Waals surface area contributed by atoms with E-state index in [-0.39, 0.29) is 30.0 Å². The normalized spacial score (nSPS) is 22.4. The van der Waals surface area contributed by atoms with E-state index in [1.54, 1.807) is 4.90 Å². The summed E-state index contributed by atoms with van der Waals surface area (Å²) in [5.74, 6) is -3.90. The molecule has 0 aromatic heterocycles. The molecule has 2 fully saturated rings. The molecular formula is C17H18F2N2O3. The molecule has 5 nitrogen and oxygen atoms in total. The fourth-order valence-electron chi connectivity index (χ4n) is 3.33. The van der Waals surface area contributed by atoms with Crippen molar-refractivity contribution >= 4 is 23.8 Å². The van der Waals surface area contributed by atoms with Gasteiger partial charge in [-0.3, -0.25) is 14.9 Å². The molecule has 0 bridgehead atoms. The highest BCUT2D eigenvalue weighted by molar-refractivity contribution is 6.01. The van der Waals surface area contributed by atoms with Crippen molar-refractivity contribution in [3.05, 3.63) is 29.3 Å². The Bertz CT molecular complexity index is 685. The lowest BCUT2D eigenvalue weighted by atomic mass is 9.89. The van der Waals surface area contributed by atoms with Gasteiger partial charge in [0.15, 0.2) is 11.6 Å². The smallest absolute Gasteiger partial charge is 0.234 e. The highest BCUT2D eigenvalue weighted by atomic mass is 19.2. The molecule has 0 aliphatic carbocycles. The van der Waals surface area contributed by atoms with Gasteiger partial charge in [0.2, 0.25) is 11.8 Å². The molecule has 0 radical (unpaired) electrons. The fourth-order valence-corrected chi connectivity index (χ4v) is 3.33. The number of aldehydes is 1. The first-order chi connectivity index (χ1) is 11.5. The first-order valence-electron chi connectivity index (χ1n) is 8.03. The second kappa shape index (κ2) is 6.67. The average molecular weight is 336 g/mol. The molecule has 2 amide bonds. The van der Waals surface area contributed by atoms with Crippen LogP contribution in [0, 0.1) is 17.6 Å². The summed E-state index contributed by atoms with van der Waals surface area (Å²) in [6.07, 6.45) is 2.41. The van der Waals surface area contributed by atoms with Crippen molar-refractivity contribution in [2.75, 3.05) is 18.0 Å². The second-order valence-electron chi connectivity index (χ2n) is 6.27. The van der Waals surface area contributed by atoms with E-state index in [0.717, 1.165) is 6.29 Å². The van der Waals surface area contributed by atoms with Gasteiger partial charge in [-0.05, 0) is 25.3 Å². The lowest BCUT2D eigenvalue weighted by Crippen LogP contribution is -2.40. The van der Waals surface area contributed by atoms with E-state index in [1.165, 1.54) is 12.1 Å². The maximum Gasteiger partial charge on any atom is 0.234 e. The predicted molar refractivity (Wildman–Crippen MR) is 82.5 cm³/mol. The van der Waals surface area contributed by atoms with Gasteiger partial charge in [0.1, 0.15) is 6.29 Å². The Morgan fingerprint density at radius 1 is 1.08 bits per heavy atom. The number of halogens is 2. The minimum atomic E-state index is -1.04. The van der Waals surface area contributed by atoms with Crippen LogP contribution in [-0.4, -0.2) is 31.2 Å².